The van der Waals surface area contributed by atoms with E-state index in [0.717, 1.165) is 18.4 Å². The molecule has 0 saturated heterocycles. The highest BCUT2D eigenvalue weighted by Crippen LogP contribution is 2.24. The summed E-state index contributed by atoms with van der Waals surface area (Å²) in [4.78, 5) is 38.4. The number of rotatable bonds is 6. The van der Waals surface area contributed by atoms with Crippen LogP contribution in [-0.4, -0.2) is 40.5 Å². The van der Waals surface area contributed by atoms with Crippen molar-refractivity contribution in [2.24, 2.45) is 0 Å². The molecule has 3 amide bonds. The van der Waals surface area contributed by atoms with Crippen molar-refractivity contribution in [3.63, 3.8) is 0 Å². The molecule has 1 heterocycles. The van der Waals surface area contributed by atoms with Crippen LogP contribution in [0.5, 0.6) is 0 Å². The van der Waals surface area contributed by atoms with Crippen molar-refractivity contribution >= 4 is 17.9 Å². The van der Waals surface area contributed by atoms with Crippen molar-refractivity contribution in [1.29, 1.82) is 0 Å². The summed E-state index contributed by atoms with van der Waals surface area (Å²) in [6.45, 7) is 11.1. The Hall–Kier alpha value is -1.85. The lowest BCUT2D eigenvalue weighted by Gasteiger charge is -2.29. The summed E-state index contributed by atoms with van der Waals surface area (Å²) < 4.78 is 5.23. The Bertz CT molecular complexity index is 520. The molecule has 0 aromatic carbocycles. The fraction of sp³-hybridized carbons (Fsp3) is 0.722. The second-order valence-electron chi connectivity index (χ2n) is 7.23. The molecule has 0 spiro atoms. The number of hydrogen-bond donors (Lipinski definition) is 1. The lowest BCUT2D eigenvalue weighted by atomic mass is 10.0. The summed E-state index contributed by atoms with van der Waals surface area (Å²) in [5, 5.41) is 2.62. The van der Waals surface area contributed by atoms with E-state index in [1.165, 1.54) is 11.0 Å². The summed E-state index contributed by atoms with van der Waals surface area (Å²) in [5.41, 5.74) is 0.249. The van der Waals surface area contributed by atoms with Crippen LogP contribution >= 0.6 is 0 Å². The van der Waals surface area contributed by atoms with E-state index in [1.807, 2.05) is 20.8 Å². The zero-order chi connectivity index (χ0) is 18.5. The van der Waals surface area contributed by atoms with E-state index in [9.17, 15) is 14.4 Å². The molecular formula is C18H30N2O4. The minimum atomic E-state index is -0.757. The molecule has 0 radical (unpaired) electrons. The molecule has 1 aliphatic rings. The van der Waals surface area contributed by atoms with Gasteiger partial charge < -0.3 is 10.1 Å². The van der Waals surface area contributed by atoms with Gasteiger partial charge in [0.15, 0.2) is 0 Å². The van der Waals surface area contributed by atoms with Gasteiger partial charge in [-0.25, -0.2) is 4.79 Å². The molecule has 0 bridgehead atoms. The van der Waals surface area contributed by atoms with Crippen LogP contribution in [0.3, 0.4) is 0 Å². The largest absolute Gasteiger partial charge is 0.444 e. The zero-order valence-corrected chi connectivity index (χ0v) is 15.6. The SMILES string of the molecule is CCCC1C(C)=CC(=O)N1C(=O)[C@H](CCC)NC(=O)OC(C)(C)C. The predicted molar refractivity (Wildman–Crippen MR) is 92.4 cm³/mol. The topological polar surface area (TPSA) is 75.7 Å². The Balaban J connectivity index is 2.89. The average molecular weight is 338 g/mol. The van der Waals surface area contributed by atoms with Crippen LogP contribution in [0.4, 0.5) is 4.79 Å². The number of hydrogen-bond acceptors (Lipinski definition) is 4. The smallest absolute Gasteiger partial charge is 0.408 e. The minimum absolute atomic E-state index is 0.213. The van der Waals surface area contributed by atoms with Crippen LogP contribution in [0.15, 0.2) is 11.6 Å². The van der Waals surface area contributed by atoms with E-state index in [-0.39, 0.29) is 17.9 Å². The van der Waals surface area contributed by atoms with Crippen LogP contribution < -0.4 is 5.32 Å². The Morgan fingerprint density at radius 3 is 2.42 bits per heavy atom. The van der Waals surface area contributed by atoms with Gasteiger partial charge in [0.05, 0.1) is 6.04 Å². The number of nitrogens with zero attached hydrogens (tertiary/aromatic N) is 1. The number of ether oxygens (including phenoxy) is 1. The highest BCUT2D eigenvalue weighted by atomic mass is 16.6. The maximum atomic E-state index is 12.9. The maximum Gasteiger partial charge on any atom is 0.408 e. The molecule has 0 fully saturated rings. The molecule has 6 nitrogen and oxygen atoms in total. The van der Waals surface area contributed by atoms with Crippen molar-refractivity contribution in [3.8, 4) is 0 Å². The number of amides is 3. The molecule has 0 aromatic rings. The summed E-state index contributed by atoms with van der Waals surface area (Å²) in [6, 6.07) is -0.970. The molecule has 136 valence electrons. The Kier molecular flexibility index (Phi) is 6.99. The normalized spacial score (nSPS) is 19.1. The van der Waals surface area contributed by atoms with Crippen LogP contribution in [0.1, 0.15) is 67.2 Å². The van der Waals surface area contributed by atoms with Gasteiger partial charge in [-0.15, -0.1) is 0 Å². The number of alkyl carbamates (subject to hydrolysis) is 1. The molecule has 1 N–H and O–H groups in total. The monoisotopic (exact) mass is 338 g/mol. The molecule has 2 atom stereocenters. The van der Waals surface area contributed by atoms with E-state index >= 15 is 0 Å². The fourth-order valence-electron chi connectivity index (χ4n) is 2.77. The van der Waals surface area contributed by atoms with Crippen molar-refractivity contribution < 1.29 is 19.1 Å². The van der Waals surface area contributed by atoms with Crippen molar-refractivity contribution in [2.45, 2.75) is 84.9 Å². The molecule has 1 unspecified atom stereocenters. The number of carbonyl (C=O) groups excluding carboxylic acids is 3. The number of carbonyl (C=O) groups is 3. The van der Waals surface area contributed by atoms with Crippen molar-refractivity contribution in [2.75, 3.05) is 0 Å². The molecule has 24 heavy (non-hydrogen) atoms. The molecule has 0 saturated carbocycles. The van der Waals surface area contributed by atoms with Crippen LogP contribution in [-0.2, 0) is 14.3 Å². The van der Waals surface area contributed by atoms with E-state index in [2.05, 4.69) is 5.32 Å². The van der Waals surface area contributed by atoms with Gasteiger partial charge in [0.1, 0.15) is 11.6 Å². The van der Waals surface area contributed by atoms with E-state index < -0.39 is 17.7 Å². The van der Waals surface area contributed by atoms with Crippen molar-refractivity contribution in [1.82, 2.24) is 10.2 Å². The Morgan fingerprint density at radius 1 is 1.29 bits per heavy atom. The van der Waals surface area contributed by atoms with Gasteiger partial charge in [-0.3, -0.25) is 14.5 Å². The van der Waals surface area contributed by atoms with Gasteiger partial charge in [-0.2, -0.15) is 0 Å². The number of nitrogens with one attached hydrogen (secondary N) is 1. The van der Waals surface area contributed by atoms with Gasteiger partial charge in [-0.05, 0) is 46.1 Å². The summed E-state index contributed by atoms with van der Waals surface area (Å²) in [7, 11) is 0. The third-order valence-corrected chi connectivity index (χ3v) is 3.79. The standard InChI is InChI=1S/C18H30N2O4/c1-7-9-13(19-17(23)24-18(4,5)6)16(22)20-14(10-8-2)12(3)11-15(20)21/h11,13-14H,7-10H2,1-6H3,(H,19,23)/t13-,14?/m0/s1. The summed E-state index contributed by atoms with van der Waals surface area (Å²) in [5.74, 6) is -0.665. The van der Waals surface area contributed by atoms with Gasteiger partial charge in [0.2, 0.25) is 0 Å². The van der Waals surface area contributed by atoms with Gasteiger partial charge in [0, 0.05) is 6.08 Å². The molecule has 0 aliphatic carbocycles. The van der Waals surface area contributed by atoms with Crippen LogP contribution in [0.25, 0.3) is 0 Å². The first-order valence-electron chi connectivity index (χ1n) is 8.65. The second-order valence-corrected chi connectivity index (χ2v) is 7.23. The molecule has 1 aliphatic heterocycles. The van der Waals surface area contributed by atoms with Gasteiger partial charge in [-0.1, -0.05) is 26.7 Å². The molecular weight excluding hydrogens is 308 g/mol. The second kappa shape index (κ2) is 8.31. The third-order valence-electron chi connectivity index (χ3n) is 3.79. The first-order valence-corrected chi connectivity index (χ1v) is 8.65. The first kappa shape index (κ1) is 20.2. The minimum Gasteiger partial charge on any atom is -0.444 e. The first-order chi connectivity index (χ1) is 11.1. The maximum absolute atomic E-state index is 12.9. The fourth-order valence-corrected chi connectivity index (χ4v) is 2.77. The van der Waals surface area contributed by atoms with Crippen LogP contribution in [0, 0.1) is 0 Å². The van der Waals surface area contributed by atoms with Crippen molar-refractivity contribution in [3.05, 3.63) is 11.6 Å². The average Bonchev–Trinajstić information content (AvgIpc) is 2.70. The van der Waals surface area contributed by atoms with E-state index in [0.29, 0.717) is 12.8 Å². The highest BCUT2D eigenvalue weighted by Gasteiger charge is 2.38. The molecule has 1 rings (SSSR count). The Labute approximate surface area is 144 Å². The van der Waals surface area contributed by atoms with E-state index in [1.54, 1.807) is 20.8 Å². The van der Waals surface area contributed by atoms with Gasteiger partial charge in [0.25, 0.3) is 11.8 Å². The Morgan fingerprint density at radius 2 is 1.92 bits per heavy atom. The summed E-state index contributed by atoms with van der Waals surface area (Å²) in [6.07, 6.45) is 3.63. The molecule has 0 aromatic heterocycles. The highest BCUT2D eigenvalue weighted by molar-refractivity contribution is 6.06. The number of imide groups is 1. The predicted octanol–water partition coefficient (Wildman–Crippen LogP) is 3.16. The van der Waals surface area contributed by atoms with Gasteiger partial charge >= 0.3 is 6.09 Å². The van der Waals surface area contributed by atoms with E-state index in [4.69, 9.17) is 4.74 Å². The van der Waals surface area contributed by atoms with Crippen LogP contribution in [0.2, 0.25) is 0 Å². The lowest BCUT2D eigenvalue weighted by Crippen LogP contribution is -2.52. The quantitative estimate of drug-likeness (QED) is 0.807. The summed E-state index contributed by atoms with van der Waals surface area (Å²) >= 11 is 0. The lowest BCUT2D eigenvalue weighted by molar-refractivity contribution is -0.144. The zero-order valence-electron chi connectivity index (χ0n) is 15.6. The third kappa shape index (κ3) is 5.35. The molecule has 6 heteroatoms.